The predicted octanol–water partition coefficient (Wildman–Crippen LogP) is 8.63. The summed E-state index contributed by atoms with van der Waals surface area (Å²) in [5.74, 6) is 0. The van der Waals surface area contributed by atoms with Crippen LogP contribution in [0.15, 0.2) is 60.7 Å². The smallest absolute Gasteiger partial charge is 0.849 e. The first-order valence-corrected chi connectivity index (χ1v) is 11.6. The van der Waals surface area contributed by atoms with Gasteiger partial charge >= 0.3 is 26.2 Å². The second-order valence-corrected chi connectivity index (χ2v) is 7.96. The Bertz CT molecular complexity index is 673. The maximum atomic E-state index is 10.2. The molecule has 0 heterocycles. The first-order valence-electron chi connectivity index (χ1n) is 11.6. The van der Waals surface area contributed by atoms with Gasteiger partial charge in [0.15, 0.2) is 0 Å². The van der Waals surface area contributed by atoms with E-state index in [4.69, 9.17) is 0 Å². The molecule has 2 heteroatoms. The largest absolute Gasteiger partial charge is 4.00 e. The van der Waals surface area contributed by atoms with Gasteiger partial charge in [0.2, 0.25) is 0 Å². The zero-order chi connectivity index (χ0) is 20.6. The Morgan fingerprint density at radius 2 is 1.10 bits per heavy atom. The summed E-state index contributed by atoms with van der Waals surface area (Å²) in [4.78, 5) is 0. The van der Waals surface area contributed by atoms with E-state index in [0.29, 0.717) is 12.1 Å². The second-order valence-electron chi connectivity index (χ2n) is 7.96. The molecule has 2 aromatic rings. The van der Waals surface area contributed by atoms with Crippen LogP contribution in [0.2, 0.25) is 0 Å². The van der Waals surface area contributed by atoms with Crippen LogP contribution in [-0.2, 0) is 26.2 Å². The van der Waals surface area contributed by atoms with Crippen LogP contribution < -0.4 is 0 Å². The van der Waals surface area contributed by atoms with E-state index >= 15 is 0 Å². The van der Waals surface area contributed by atoms with Crippen molar-refractivity contribution in [2.24, 2.45) is 0 Å². The first kappa shape index (κ1) is 26.8. The summed E-state index contributed by atoms with van der Waals surface area (Å²) in [7, 11) is 0. The zero-order valence-electron chi connectivity index (χ0n) is 18.7. The third-order valence-electron chi connectivity index (χ3n) is 5.38. The van der Waals surface area contributed by atoms with Crippen LogP contribution in [0.1, 0.15) is 95.1 Å². The van der Waals surface area contributed by atoms with Crippen molar-refractivity contribution < 1.29 is 26.2 Å². The molecular formula is C28H37NZr+2. The normalized spacial score (nSPS) is 15.2. The fourth-order valence-corrected chi connectivity index (χ4v) is 3.71. The van der Waals surface area contributed by atoms with E-state index in [2.05, 4.69) is 13.0 Å². The molecule has 4 rings (SSSR count). The van der Waals surface area contributed by atoms with E-state index in [1.165, 1.54) is 64.2 Å². The van der Waals surface area contributed by atoms with Crippen molar-refractivity contribution in [3.8, 4) is 0 Å². The Morgan fingerprint density at radius 1 is 0.700 bits per heavy atom. The molecule has 2 saturated carbocycles. The summed E-state index contributed by atoms with van der Waals surface area (Å²) in [6, 6.07) is 19.8. The minimum Gasteiger partial charge on any atom is -0.849 e. The van der Waals surface area contributed by atoms with Gasteiger partial charge in [0.05, 0.1) is 0 Å². The van der Waals surface area contributed by atoms with Crippen molar-refractivity contribution >= 4 is 11.3 Å². The quantitative estimate of drug-likeness (QED) is 0.233. The summed E-state index contributed by atoms with van der Waals surface area (Å²) in [6.07, 6.45) is 19.9. The number of rotatable bonds is 5. The molecule has 0 saturated heterocycles. The van der Waals surface area contributed by atoms with E-state index in [-0.39, 0.29) is 26.2 Å². The molecule has 2 aromatic carbocycles. The number of hydrogen-bond acceptors (Lipinski definition) is 0. The van der Waals surface area contributed by atoms with Crippen LogP contribution in [-0.4, -0.2) is 5.71 Å². The van der Waals surface area contributed by atoms with E-state index in [1.807, 2.05) is 60.7 Å². The molecule has 2 fully saturated rings. The van der Waals surface area contributed by atoms with E-state index in [1.54, 1.807) is 0 Å². The Labute approximate surface area is 204 Å². The number of nitrogens with zero attached hydrogens (tertiary/aromatic N) is 1. The molecule has 0 unspecified atom stereocenters. The van der Waals surface area contributed by atoms with Gasteiger partial charge in [0.25, 0.3) is 0 Å². The van der Waals surface area contributed by atoms with Crippen molar-refractivity contribution in [2.75, 3.05) is 0 Å². The Kier molecular flexibility index (Phi) is 15.5. The van der Waals surface area contributed by atoms with Crippen molar-refractivity contribution in [1.29, 1.82) is 0 Å². The third kappa shape index (κ3) is 11.2. The minimum absolute atomic E-state index is 0. The average molecular weight is 479 g/mol. The van der Waals surface area contributed by atoms with Gasteiger partial charge in [0, 0.05) is 0 Å². The first-order chi connectivity index (χ1) is 14.3. The van der Waals surface area contributed by atoms with E-state index in [9.17, 15) is 5.41 Å². The maximum absolute atomic E-state index is 10.2. The zero-order valence-corrected chi connectivity index (χ0v) is 21.2. The molecular weight excluding hydrogens is 442 g/mol. The minimum atomic E-state index is 0. The predicted molar refractivity (Wildman–Crippen MR) is 128 cm³/mol. The summed E-state index contributed by atoms with van der Waals surface area (Å²) >= 11 is 0. The van der Waals surface area contributed by atoms with Crippen LogP contribution in [0.3, 0.4) is 0 Å². The SMILES string of the molecule is C1CCCC1.C1CCCC1.CCCC(=[N-])C(=[C-]c1ccccc1)c1ccccc1.[Zr+4]. The Hall–Kier alpha value is -1.27. The molecule has 156 valence electrons. The van der Waals surface area contributed by atoms with Gasteiger partial charge in [-0.15, -0.1) is 29.3 Å². The molecule has 0 bridgehead atoms. The topological polar surface area (TPSA) is 22.3 Å². The van der Waals surface area contributed by atoms with Gasteiger partial charge in [-0.2, -0.15) is 0 Å². The number of benzene rings is 2. The van der Waals surface area contributed by atoms with Crippen molar-refractivity contribution in [3.63, 3.8) is 0 Å². The molecule has 1 nitrogen and oxygen atoms in total. The van der Waals surface area contributed by atoms with Crippen LogP contribution in [0.25, 0.3) is 11.0 Å². The molecule has 2 aliphatic carbocycles. The fraction of sp³-hybridized carbons (Fsp3) is 0.464. The molecule has 0 spiro atoms. The van der Waals surface area contributed by atoms with Crippen LogP contribution >= 0.6 is 0 Å². The van der Waals surface area contributed by atoms with Gasteiger partial charge in [0.1, 0.15) is 0 Å². The number of hydrogen-bond donors (Lipinski definition) is 0. The summed E-state index contributed by atoms with van der Waals surface area (Å²) in [5.41, 5.74) is 3.16. The van der Waals surface area contributed by atoms with Crippen LogP contribution in [0.5, 0.6) is 0 Å². The maximum Gasteiger partial charge on any atom is 4.00 e. The summed E-state index contributed by atoms with van der Waals surface area (Å²) in [5, 5.41) is 10.2. The molecule has 0 atom stereocenters. The molecule has 0 aromatic heterocycles. The van der Waals surface area contributed by atoms with Crippen LogP contribution in [0.4, 0.5) is 0 Å². The molecule has 30 heavy (non-hydrogen) atoms. The second kappa shape index (κ2) is 17.4. The molecule has 0 amide bonds. The molecule has 0 aliphatic heterocycles. The summed E-state index contributed by atoms with van der Waals surface area (Å²) < 4.78 is 0. The third-order valence-corrected chi connectivity index (χ3v) is 5.38. The molecule has 2 aliphatic rings. The van der Waals surface area contributed by atoms with Gasteiger partial charge in [-0.1, -0.05) is 138 Å². The fourth-order valence-electron chi connectivity index (χ4n) is 3.71. The van der Waals surface area contributed by atoms with E-state index < -0.39 is 0 Å². The van der Waals surface area contributed by atoms with Crippen LogP contribution in [0, 0.1) is 6.08 Å². The standard InChI is InChI=1S/C18H17N.2C5H10.Zr/c1-2-9-18(19)17(16-12-7-4-8-13-16)14-15-10-5-3-6-11-15;2*1-2-4-5-3-1;/h3-8,10-13H,2,9H2,1H3;2*1-5H2;/q-2;;;+4. The van der Waals surface area contributed by atoms with Crippen molar-refractivity contribution in [1.82, 2.24) is 0 Å². The van der Waals surface area contributed by atoms with Gasteiger partial charge < -0.3 is 5.41 Å². The molecule has 0 radical (unpaired) electrons. The number of allylic oxidation sites excluding steroid dienone is 1. The summed E-state index contributed by atoms with van der Waals surface area (Å²) in [6.45, 7) is 2.06. The van der Waals surface area contributed by atoms with Gasteiger partial charge in [-0.05, 0) is 0 Å². The Balaban J connectivity index is 0.000000333. The van der Waals surface area contributed by atoms with Gasteiger partial charge in [-0.25, -0.2) is 5.71 Å². The average Bonchev–Trinajstić information content (AvgIpc) is 3.53. The van der Waals surface area contributed by atoms with Crippen molar-refractivity contribution in [2.45, 2.75) is 84.0 Å². The Morgan fingerprint density at radius 3 is 1.50 bits per heavy atom. The van der Waals surface area contributed by atoms with Gasteiger partial charge in [-0.3, -0.25) is 0 Å². The van der Waals surface area contributed by atoms with Crippen molar-refractivity contribution in [3.05, 3.63) is 83.3 Å². The monoisotopic (exact) mass is 477 g/mol. The molecule has 0 N–H and O–H groups in total. The van der Waals surface area contributed by atoms with E-state index in [0.717, 1.165) is 23.1 Å².